The van der Waals surface area contributed by atoms with Gasteiger partial charge in [-0.1, -0.05) is 0 Å². The van der Waals surface area contributed by atoms with Crippen LogP contribution in [0.3, 0.4) is 0 Å². The first kappa shape index (κ1) is 13.4. The van der Waals surface area contributed by atoms with Crippen LogP contribution in [0.2, 0.25) is 0 Å². The SMILES string of the molecule is CC1(NC(=O)c2cc(N)ccc2Br)CCCOC1. The molecule has 0 spiro atoms. The number of rotatable bonds is 2. The largest absolute Gasteiger partial charge is 0.399 e. The number of ether oxygens (including phenoxy) is 1. The molecule has 18 heavy (non-hydrogen) atoms. The molecule has 2 rings (SSSR count). The van der Waals surface area contributed by atoms with Crippen LogP contribution in [0.5, 0.6) is 0 Å². The van der Waals surface area contributed by atoms with Gasteiger partial charge in [-0.3, -0.25) is 4.79 Å². The van der Waals surface area contributed by atoms with E-state index in [1.165, 1.54) is 0 Å². The summed E-state index contributed by atoms with van der Waals surface area (Å²) in [6.45, 7) is 3.33. The zero-order valence-corrected chi connectivity index (χ0v) is 11.9. The summed E-state index contributed by atoms with van der Waals surface area (Å²) in [5, 5.41) is 3.03. The van der Waals surface area contributed by atoms with Crippen molar-refractivity contribution in [3.63, 3.8) is 0 Å². The average Bonchev–Trinajstić information content (AvgIpc) is 2.32. The van der Waals surface area contributed by atoms with Crippen molar-refractivity contribution in [3.05, 3.63) is 28.2 Å². The predicted octanol–water partition coefficient (Wildman–Crippen LogP) is 2.33. The van der Waals surface area contributed by atoms with Crippen LogP contribution in [0.15, 0.2) is 22.7 Å². The highest BCUT2D eigenvalue weighted by Gasteiger charge is 2.30. The first-order chi connectivity index (χ1) is 8.50. The Labute approximate surface area is 115 Å². The van der Waals surface area contributed by atoms with Gasteiger partial charge >= 0.3 is 0 Å². The summed E-state index contributed by atoms with van der Waals surface area (Å²) >= 11 is 3.37. The molecule has 1 fully saturated rings. The number of hydrogen-bond acceptors (Lipinski definition) is 3. The number of halogens is 1. The highest BCUT2D eigenvalue weighted by atomic mass is 79.9. The molecule has 1 aromatic rings. The van der Waals surface area contributed by atoms with Gasteiger partial charge in [-0.15, -0.1) is 0 Å². The van der Waals surface area contributed by atoms with Crippen molar-refractivity contribution in [1.29, 1.82) is 0 Å². The van der Waals surface area contributed by atoms with E-state index >= 15 is 0 Å². The van der Waals surface area contributed by atoms with E-state index in [0.29, 0.717) is 17.9 Å². The van der Waals surface area contributed by atoms with Crippen LogP contribution in [-0.2, 0) is 4.74 Å². The van der Waals surface area contributed by atoms with Crippen LogP contribution in [0.4, 0.5) is 5.69 Å². The van der Waals surface area contributed by atoms with Crippen LogP contribution in [0.25, 0.3) is 0 Å². The van der Waals surface area contributed by atoms with Gasteiger partial charge in [0.2, 0.25) is 0 Å². The number of carbonyl (C=O) groups excluding carboxylic acids is 1. The highest BCUT2D eigenvalue weighted by Crippen LogP contribution is 2.23. The monoisotopic (exact) mass is 312 g/mol. The highest BCUT2D eigenvalue weighted by molar-refractivity contribution is 9.10. The van der Waals surface area contributed by atoms with E-state index in [9.17, 15) is 4.79 Å². The van der Waals surface area contributed by atoms with E-state index in [2.05, 4.69) is 21.2 Å². The Morgan fingerprint density at radius 2 is 2.33 bits per heavy atom. The Bertz CT molecular complexity index is 456. The second-order valence-electron chi connectivity index (χ2n) is 4.91. The normalized spacial score (nSPS) is 23.7. The second kappa shape index (κ2) is 5.28. The van der Waals surface area contributed by atoms with Gasteiger partial charge in [0.15, 0.2) is 0 Å². The Morgan fingerprint density at radius 3 is 3.00 bits per heavy atom. The molecule has 1 amide bonds. The maximum absolute atomic E-state index is 12.2. The van der Waals surface area contributed by atoms with Crippen molar-refractivity contribution in [2.75, 3.05) is 18.9 Å². The molecule has 4 nitrogen and oxygen atoms in total. The number of carbonyl (C=O) groups is 1. The van der Waals surface area contributed by atoms with Crippen LogP contribution >= 0.6 is 15.9 Å². The van der Waals surface area contributed by atoms with Crippen molar-refractivity contribution in [3.8, 4) is 0 Å². The third-order valence-electron chi connectivity index (χ3n) is 3.09. The molecule has 0 bridgehead atoms. The molecular weight excluding hydrogens is 296 g/mol. The Hall–Kier alpha value is -1.07. The van der Waals surface area contributed by atoms with Gasteiger partial charge in [0.1, 0.15) is 0 Å². The lowest BCUT2D eigenvalue weighted by atomic mass is 9.94. The van der Waals surface area contributed by atoms with Crippen molar-refractivity contribution >= 4 is 27.5 Å². The van der Waals surface area contributed by atoms with Gasteiger partial charge in [-0.25, -0.2) is 0 Å². The molecule has 1 saturated heterocycles. The van der Waals surface area contributed by atoms with E-state index in [1.54, 1.807) is 18.2 Å². The zero-order valence-electron chi connectivity index (χ0n) is 10.3. The van der Waals surface area contributed by atoms with E-state index in [1.807, 2.05) is 6.92 Å². The fraction of sp³-hybridized carbons (Fsp3) is 0.462. The maximum Gasteiger partial charge on any atom is 0.253 e. The number of amides is 1. The Balaban J connectivity index is 2.14. The summed E-state index contributed by atoms with van der Waals surface area (Å²) in [5.41, 5.74) is 6.55. The number of benzene rings is 1. The first-order valence-corrected chi connectivity index (χ1v) is 6.75. The lowest BCUT2D eigenvalue weighted by Gasteiger charge is -2.34. The topological polar surface area (TPSA) is 64.4 Å². The molecule has 0 saturated carbocycles. The van der Waals surface area contributed by atoms with Crippen molar-refractivity contribution in [1.82, 2.24) is 5.32 Å². The van der Waals surface area contributed by atoms with Gasteiger partial charge in [-0.2, -0.15) is 0 Å². The van der Waals surface area contributed by atoms with Gasteiger partial charge in [0.05, 0.1) is 17.7 Å². The van der Waals surface area contributed by atoms with Crippen molar-refractivity contribution in [2.45, 2.75) is 25.3 Å². The van der Waals surface area contributed by atoms with E-state index in [4.69, 9.17) is 10.5 Å². The minimum Gasteiger partial charge on any atom is -0.399 e. The first-order valence-electron chi connectivity index (χ1n) is 5.95. The molecule has 1 aliphatic heterocycles. The van der Waals surface area contributed by atoms with Crippen molar-refractivity contribution in [2.24, 2.45) is 0 Å². The molecule has 1 atom stereocenters. The standard InChI is InChI=1S/C13H17BrN2O2/c1-13(5-2-6-18-8-13)16-12(17)10-7-9(15)3-4-11(10)14/h3-4,7H,2,5-6,8,15H2,1H3,(H,16,17). The molecule has 1 aliphatic rings. The van der Waals surface area contributed by atoms with E-state index in [0.717, 1.165) is 23.9 Å². The van der Waals surface area contributed by atoms with Gasteiger partial charge in [0.25, 0.3) is 5.91 Å². The molecule has 0 radical (unpaired) electrons. The third kappa shape index (κ3) is 3.03. The molecule has 0 aliphatic carbocycles. The van der Waals surface area contributed by atoms with E-state index in [-0.39, 0.29) is 11.4 Å². The van der Waals surface area contributed by atoms with Crippen LogP contribution < -0.4 is 11.1 Å². The van der Waals surface area contributed by atoms with Gasteiger partial charge < -0.3 is 15.8 Å². The average molecular weight is 313 g/mol. The second-order valence-corrected chi connectivity index (χ2v) is 5.76. The summed E-state index contributed by atoms with van der Waals surface area (Å²) in [4.78, 5) is 12.2. The fourth-order valence-electron chi connectivity index (χ4n) is 2.09. The minimum atomic E-state index is -0.292. The summed E-state index contributed by atoms with van der Waals surface area (Å²) in [6, 6.07) is 5.21. The lowest BCUT2D eigenvalue weighted by Crippen LogP contribution is -2.51. The smallest absolute Gasteiger partial charge is 0.253 e. The lowest BCUT2D eigenvalue weighted by molar-refractivity contribution is 0.0272. The quantitative estimate of drug-likeness (QED) is 0.824. The number of nitrogen functional groups attached to an aromatic ring is 1. The maximum atomic E-state index is 12.2. The number of hydrogen-bond donors (Lipinski definition) is 2. The Kier molecular flexibility index (Phi) is 3.92. The zero-order chi connectivity index (χ0) is 13.2. The fourth-order valence-corrected chi connectivity index (χ4v) is 2.52. The summed E-state index contributed by atoms with van der Waals surface area (Å²) in [5.74, 6) is -0.123. The van der Waals surface area contributed by atoms with Crippen molar-refractivity contribution < 1.29 is 9.53 Å². The Morgan fingerprint density at radius 1 is 1.56 bits per heavy atom. The van der Waals surface area contributed by atoms with Gasteiger partial charge in [0, 0.05) is 16.8 Å². The van der Waals surface area contributed by atoms with Crippen LogP contribution in [0, 0.1) is 0 Å². The third-order valence-corrected chi connectivity index (χ3v) is 3.78. The molecule has 5 heteroatoms. The number of nitrogens with one attached hydrogen (secondary N) is 1. The molecule has 1 unspecified atom stereocenters. The molecular formula is C13H17BrN2O2. The molecule has 98 valence electrons. The summed E-state index contributed by atoms with van der Waals surface area (Å²) < 4.78 is 6.17. The molecule has 3 N–H and O–H groups in total. The van der Waals surface area contributed by atoms with Gasteiger partial charge in [-0.05, 0) is 53.9 Å². The summed E-state index contributed by atoms with van der Waals surface area (Å²) in [6.07, 6.45) is 1.90. The minimum absolute atomic E-state index is 0.123. The van der Waals surface area contributed by atoms with Crippen LogP contribution in [0.1, 0.15) is 30.1 Å². The van der Waals surface area contributed by atoms with E-state index < -0.39 is 0 Å². The molecule has 1 aromatic carbocycles. The molecule has 1 heterocycles. The predicted molar refractivity (Wildman–Crippen MR) is 74.5 cm³/mol. The number of nitrogens with two attached hydrogens (primary N) is 1. The van der Waals surface area contributed by atoms with Crippen LogP contribution in [-0.4, -0.2) is 24.7 Å². The number of anilines is 1. The molecule has 0 aromatic heterocycles. The summed E-state index contributed by atoms with van der Waals surface area (Å²) in [7, 11) is 0.